The second-order valence-electron chi connectivity index (χ2n) is 6.78. The van der Waals surface area contributed by atoms with Gasteiger partial charge in [-0.1, -0.05) is 27.2 Å². The molecule has 0 fully saturated rings. The Kier molecular flexibility index (Phi) is 8.58. The highest BCUT2D eigenvalue weighted by molar-refractivity contribution is 5.99. The number of hydrogen-bond acceptors (Lipinski definition) is 5. The topological polar surface area (TPSA) is 73.9 Å². The van der Waals surface area contributed by atoms with E-state index < -0.39 is 11.6 Å². The fourth-order valence-electron chi connectivity index (χ4n) is 2.41. The molecule has 6 heteroatoms. The molecule has 1 unspecified atom stereocenters. The summed E-state index contributed by atoms with van der Waals surface area (Å²) in [6.45, 7) is 10.3. The van der Waals surface area contributed by atoms with E-state index in [0.717, 1.165) is 6.42 Å². The molecular formula is C20H31NO5. The Morgan fingerprint density at radius 1 is 1.23 bits per heavy atom. The maximum atomic E-state index is 12.6. The van der Waals surface area contributed by atoms with Crippen molar-refractivity contribution in [2.45, 2.75) is 53.1 Å². The van der Waals surface area contributed by atoms with E-state index in [4.69, 9.17) is 14.2 Å². The summed E-state index contributed by atoms with van der Waals surface area (Å²) in [5.41, 5.74) is -0.139. The highest BCUT2D eigenvalue weighted by Crippen LogP contribution is 2.26. The Balaban J connectivity index is 3.07. The van der Waals surface area contributed by atoms with Crippen molar-refractivity contribution < 1.29 is 23.8 Å². The molecule has 6 nitrogen and oxygen atoms in total. The van der Waals surface area contributed by atoms with Crippen molar-refractivity contribution in [2.75, 3.05) is 25.6 Å². The molecule has 26 heavy (non-hydrogen) atoms. The molecular weight excluding hydrogens is 334 g/mol. The molecule has 0 radical (unpaired) electrons. The van der Waals surface area contributed by atoms with Crippen molar-refractivity contribution in [1.82, 2.24) is 0 Å². The fourth-order valence-corrected chi connectivity index (χ4v) is 2.41. The fraction of sp³-hybridized carbons (Fsp3) is 0.600. The van der Waals surface area contributed by atoms with Crippen LogP contribution in [0.3, 0.4) is 0 Å². The molecule has 0 saturated heterocycles. The van der Waals surface area contributed by atoms with Crippen LogP contribution in [0.5, 0.6) is 5.75 Å². The molecule has 1 aromatic carbocycles. The average molecular weight is 365 g/mol. The van der Waals surface area contributed by atoms with Crippen molar-refractivity contribution in [3.8, 4) is 5.75 Å². The van der Waals surface area contributed by atoms with Crippen LogP contribution in [0.25, 0.3) is 0 Å². The predicted molar refractivity (Wildman–Crippen MR) is 102 cm³/mol. The van der Waals surface area contributed by atoms with Gasteiger partial charge < -0.3 is 19.5 Å². The zero-order chi connectivity index (χ0) is 19.7. The third-order valence-corrected chi connectivity index (χ3v) is 3.96. The molecule has 0 aliphatic rings. The molecule has 1 amide bonds. The van der Waals surface area contributed by atoms with Gasteiger partial charge in [0.05, 0.1) is 13.2 Å². The molecule has 0 saturated carbocycles. The van der Waals surface area contributed by atoms with Gasteiger partial charge in [-0.3, -0.25) is 4.79 Å². The van der Waals surface area contributed by atoms with Crippen LogP contribution in [0.4, 0.5) is 5.69 Å². The number of carbonyl (C=O) groups is 2. The summed E-state index contributed by atoms with van der Waals surface area (Å²) in [6.07, 6.45) is 1.41. The van der Waals surface area contributed by atoms with E-state index in [-0.39, 0.29) is 12.5 Å². The number of nitrogens with one attached hydrogen (secondary N) is 1. The number of esters is 1. The Morgan fingerprint density at radius 3 is 2.46 bits per heavy atom. The molecule has 1 N–H and O–H groups in total. The van der Waals surface area contributed by atoms with Crippen molar-refractivity contribution in [3.05, 3.63) is 23.8 Å². The minimum Gasteiger partial charge on any atom is -0.492 e. The smallest absolute Gasteiger partial charge is 0.341 e. The SMILES string of the molecule is CCCC(C)(OC)C(=O)Nc1ccc(OCC(C)C)c(C(=O)OCC)c1. The van der Waals surface area contributed by atoms with Gasteiger partial charge in [0.1, 0.15) is 16.9 Å². The molecule has 0 aliphatic carbocycles. The van der Waals surface area contributed by atoms with Crippen LogP contribution in [-0.2, 0) is 14.3 Å². The van der Waals surface area contributed by atoms with Crippen LogP contribution in [0.2, 0.25) is 0 Å². The quantitative estimate of drug-likeness (QED) is 0.633. The van der Waals surface area contributed by atoms with E-state index in [1.807, 2.05) is 20.8 Å². The average Bonchev–Trinajstić information content (AvgIpc) is 2.60. The summed E-state index contributed by atoms with van der Waals surface area (Å²) in [5.74, 6) is 0.0250. The molecule has 146 valence electrons. The first-order chi connectivity index (χ1) is 12.3. The first-order valence-electron chi connectivity index (χ1n) is 9.07. The van der Waals surface area contributed by atoms with Crippen molar-refractivity contribution >= 4 is 17.6 Å². The summed E-state index contributed by atoms with van der Waals surface area (Å²) in [7, 11) is 1.52. The number of hydrogen-bond donors (Lipinski definition) is 1. The number of benzene rings is 1. The lowest BCUT2D eigenvalue weighted by Crippen LogP contribution is -2.41. The zero-order valence-corrected chi connectivity index (χ0v) is 16.7. The largest absolute Gasteiger partial charge is 0.492 e. The van der Waals surface area contributed by atoms with Crippen molar-refractivity contribution in [2.24, 2.45) is 5.92 Å². The first kappa shape index (κ1) is 22.0. The zero-order valence-electron chi connectivity index (χ0n) is 16.7. The normalized spacial score (nSPS) is 13.2. The molecule has 1 atom stereocenters. The number of methoxy groups -OCH3 is 1. The van der Waals surface area contributed by atoms with Crippen LogP contribution in [-0.4, -0.2) is 37.8 Å². The highest BCUT2D eigenvalue weighted by atomic mass is 16.5. The van der Waals surface area contributed by atoms with E-state index in [2.05, 4.69) is 5.32 Å². The summed E-state index contributed by atoms with van der Waals surface area (Å²) in [6, 6.07) is 4.96. The molecule has 0 spiro atoms. The van der Waals surface area contributed by atoms with Crippen LogP contribution >= 0.6 is 0 Å². The van der Waals surface area contributed by atoms with Gasteiger partial charge >= 0.3 is 5.97 Å². The molecule has 0 heterocycles. The van der Waals surface area contributed by atoms with Crippen LogP contribution < -0.4 is 10.1 Å². The van der Waals surface area contributed by atoms with Crippen LogP contribution in [0, 0.1) is 5.92 Å². The lowest BCUT2D eigenvalue weighted by Gasteiger charge is -2.26. The lowest BCUT2D eigenvalue weighted by atomic mass is 9.99. The van der Waals surface area contributed by atoms with Gasteiger partial charge in [0, 0.05) is 12.8 Å². The van der Waals surface area contributed by atoms with Gasteiger partial charge in [-0.2, -0.15) is 0 Å². The van der Waals surface area contributed by atoms with Crippen molar-refractivity contribution in [1.29, 1.82) is 0 Å². The molecule has 1 rings (SSSR count). The Bertz CT molecular complexity index is 614. The maximum Gasteiger partial charge on any atom is 0.341 e. The Hall–Kier alpha value is -2.08. The first-order valence-corrected chi connectivity index (χ1v) is 9.07. The lowest BCUT2D eigenvalue weighted by molar-refractivity contribution is -0.136. The second kappa shape index (κ2) is 10.2. The summed E-state index contributed by atoms with van der Waals surface area (Å²) < 4.78 is 16.2. The Morgan fingerprint density at radius 2 is 1.92 bits per heavy atom. The summed E-state index contributed by atoms with van der Waals surface area (Å²) in [4.78, 5) is 24.8. The molecule has 0 aliphatic heterocycles. The molecule has 1 aromatic rings. The third-order valence-electron chi connectivity index (χ3n) is 3.96. The van der Waals surface area contributed by atoms with E-state index in [1.165, 1.54) is 7.11 Å². The number of carbonyl (C=O) groups excluding carboxylic acids is 2. The van der Waals surface area contributed by atoms with E-state index >= 15 is 0 Å². The van der Waals surface area contributed by atoms with Gasteiger partial charge in [-0.25, -0.2) is 4.79 Å². The van der Waals surface area contributed by atoms with Gasteiger partial charge in [0.15, 0.2) is 0 Å². The standard InChI is InChI=1S/C20H31NO5/c1-7-11-20(5,24-6)19(23)21-15-9-10-17(26-13-14(3)4)16(12-15)18(22)25-8-2/h9-10,12,14H,7-8,11,13H2,1-6H3,(H,21,23). The third kappa shape index (κ3) is 6.02. The van der Waals surface area contributed by atoms with E-state index in [1.54, 1.807) is 32.0 Å². The van der Waals surface area contributed by atoms with Crippen molar-refractivity contribution in [3.63, 3.8) is 0 Å². The summed E-state index contributed by atoms with van der Waals surface area (Å²) >= 11 is 0. The highest BCUT2D eigenvalue weighted by Gasteiger charge is 2.32. The predicted octanol–water partition coefficient (Wildman–Crippen LogP) is 4.04. The van der Waals surface area contributed by atoms with Gasteiger partial charge in [0.25, 0.3) is 5.91 Å². The monoisotopic (exact) mass is 365 g/mol. The second-order valence-corrected chi connectivity index (χ2v) is 6.78. The van der Waals surface area contributed by atoms with Crippen LogP contribution in [0.1, 0.15) is 57.8 Å². The van der Waals surface area contributed by atoms with Gasteiger partial charge in [-0.05, 0) is 44.4 Å². The summed E-state index contributed by atoms with van der Waals surface area (Å²) in [5, 5.41) is 2.82. The van der Waals surface area contributed by atoms with Gasteiger partial charge in [0.2, 0.25) is 0 Å². The minimum absolute atomic E-state index is 0.257. The number of anilines is 1. The van der Waals surface area contributed by atoms with E-state index in [0.29, 0.717) is 35.9 Å². The van der Waals surface area contributed by atoms with Gasteiger partial charge in [-0.15, -0.1) is 0 Å². The Labute approximate surface area is 156 Å². The van der Waals surface area contributed by atoms with E-state index in [9.17, 15) is 9.59 Å². The van der Waals surface area contributed by atoms with Crippen LogP contribution in [0.15, 0.2) is 18.2 Å². The maximum absolute atomic E-state index is 12.6. The number of rotatable bonds is 10. The number of amides is 1. The molecule has 0 bridgehead atoms. The molecule has 0 aromatic heterocycles. The minimum atomic E-state index is -0.925. The number of ether oxygens (including phenoxy) is 3.